The highest BCUT2D eigenvalue weighted by Gasteiger charge is 2.11. The molecule has 0 saturated carbocycles. The van der Waals surface area contributed by atoms with Gasteiger partial charge >= 0.3 is 0 Å². The molecule has 106 valence electrons. The van der Waals surface area contributed by atoms with E-state index in [1.807, 2.05) is 37.2 Å². The van der Waals surface area contributed by atoms with Gasteiger partial charge in [0.05, 0.1) is 16.4 Å². The summed E-state index contributed by atoms with van der Waals surface area (Å²) in [6.07, 6.45) is 0. The van der Waals surface area contributed by atoms with E-state index < -0.39 is 0 Å². The first-order valence-corrected chi connectivity index (χ1v) is 6.89. The smallest absolute Gasteiger partial charge is 0.129 e. The Kier molecular flexibility index (Phi) is 4.73. The number of rotatable bonds is 4. The van der Waals surface area contributed by atoms with Crippen LogP contribution in [0.25, 0.3) is 0 Å². The van der Waals surface area contributed by atoms with E-state index >= 15 is 0 Å². The summed E-state index contributed by atoms with van der Waals surface area (Å²) in [5.41, 5.74) is 2.14. The zero-order valence-corrected chi connectivity index (χ0v) is 12.8. The Morgan fingerprint density at radius 3 is 2.35 bits per heavy atom. The molecule has 2 aromatic carbocycles. The highest BCUT2D eigenvalue weighted by atomic mass is 35.5. The van der Waals surface area contributed by atoms with Crippen LogP contribution in [-0.2, 0) is 6.54 Å². The van der Waals surface area contributed by atoms with Crippen molar-refractivity contribution in [2.45, 2.75) is 6.54 Å². The van der Waals surface area contributed by atoms with Crippen LogP contribution in [0.3, 0.4) is 0 Å². The standard InChI is InChI=1S/C15H15Cl2FN2/c1-20(2)15-12(17)6-4-8-14(15)19-9-10-11(16)5-3-7-13(10)18/h3-8,19H,9H2,1-2H3. The number of para-hydroxylation sites is 1. The summed E-state index contributed by atoms with van der Waals surface area (Å²) in [5.74, 6) is -0.321. The van der Waals surface area contributed by atoms with E-state index in [0.29, 0.717) is 22.2 Å². The Morgan fingerprint density at radius 2 is 1.70 bits per heavy atom. The van der Waals surface area contributed by atoms with Crippen molar-refractivity contribution < 1.29 is 4.39 Å². The predicted molar refractivity (Wildman–Crippen MR) is 84.5 cm³/mol. The van der Waals surface area contributed by atoms with Crippen molar-refractivity contribution in [3.63, 3.8) is 0 Å². The van der Waals surface area contributed by atoms with E-state index in [4.69, 9.17) is 23.2 Å². The van der Waals surface area contributed by atoms with Gasteiger partial charge in [-0.15, -0.1) is 0 Å². The van der Waals surface area contributed by atoms with Crippen LogP contribution in [0, 0.1) is 5.82 Å². The molecule has 0 radical (unpaired) electrons. The molecule has 0 aromatic heterocycles. The summed E-state index contributed by atoms with van der Waals surface area (Å²) in [7, 11) is 3.81. The van der Waals surface area contributed by atoms with Crippen LogP contribution in [0.1, 0.15) is 5.56 Å². The molecule has 0 saturated heterocycles. The van der Waals surface area contributed by atoms with Crippen LogP contribution in [0.4, 0.5) is 15.8 Å². The third-order valence-electron chi connectivity index (χ3n) is 2.95. The lowest BCUT2D eigenvalue weighted by Gasteiger charge is -2.20. The normalized spacial score (nSPS) is 10.4. The van der Waals surface area contributed by atoms with Gasteiger partial charge in [-0.3, -0.25) is 0 Å². The van der Waals surface area contributed by atoms with E-state index in [1.165, 1.54) is 6.07 Å². The molecule has 0 fully saturated rings. The van der Waals surface area contributed by atoms with Gasteiger partial charge in [0.15, 0.2) is 0 Å². The van der Waals surface area contributed by atoms with Gasteiger partial charge in [0.25, 0.3) is 0 Å². The third kappa shape index (κ3) is 3.17. The maximum absolute atomic E-state index is 13.7. The average Bonchev–Trinajstić information content (AvgIpc) is 2.37. The van der Waals surface area contributed by atoms with Crippen molar-refractivity contribution in [3.8, 4) is 0 Å². The van der Waals surface area contributed by atoms with Crippen LogP contribution >= 0.6 is 23.2 Å². The molecule has 2 nitrogen and oxygen atoms in total. The van der Waals surface area contributed by atoms with E-state index in [-0.39, 0.29) is 5.82 Å². The monoisotopic (exact) mass is 312 g/mol. The summed E-state index contributed by atoms with van der Waals surface area (Å²) in [5, 5.41) is 4.23. The maximum Gasteiger partial charge on any atom is 0.129 e. The highest BCUT2D eigenvalue weighted by Crippen LogP contribution is 2.33. The van der Waals surface area contributed by atoms with Crippen molar-refractivity contribution >= 4 is 34.6 Å². The van der Waals surface area contributed by atoms with Gasteiger partial charge in [-0.25, -0.2) is 4.39 Å². The van der Waals surface area contributed by atoms with Crippen LogP contribution in [0.5, 0.6) is 0 Å². The lowest BCUT2D eigenvalue weighted by Crippen LogP contribution is -2.13. The van der Waals surface area contributed by atoms with Gasteiger partial charge in [0, 0.05) is 31.2 Å². The van der Waals surface area contributed by atoms with Gasteiger partial charge in [-0.05, 0) is 24.3 Å². The van der Waals surface area contributed by atoms with Crippen molar-refractivity contribution in [1.29, 1.82) is 0 Å². The van der Waals surface area contributed by atoms with Crippen molar-refractivity contribution in [2.75, 3.05) is 24.3 Å². The number of benzene rings is 2. The third-order valence-corrected chi connectivity index (χ3v) is 3.61. The fourth-order valence-corrected chi connectivity index (χ4v) is 2.57. The first-order valence-electron chi connectivity index (χ1n) is 6.13. The Hall–Kier alpha value is -1.45. The summed E-state index contributed by atoms with van der Waals surface area (Å²) in [6, 6.07) is 10.2. The summed E-state index contributed by atoms with van der Waals surface area (Å²) < 4.78 is 13.7. The second-order valence-corrected chi connectivity index (χ2v) is 5.40. The highest BCUT2D eigenvalue weighted by molar-refractivity contribution is 6.34. The van der Waals surface area contributed by atoms with Gasteiger partial charge in [0.2, 0.25) is 0 Å². The molecule has 0 heterocycles. The lowest BCUT2D eigenvalue weighted by molar-refractivity contribution is 0.613. The molecular weight excluding hydrogens is 298 g/mol. The van der Waals surface area contributed by atoms with Gasteiger partial charge in [-0.1, -0.05) is 35.3 Å². The topological polar surface area (TPSA) is 15.3 Å². The molecule has 20 heavy (non-hydrogen) atoms. The second-order valence-electron chi connectivity index (χ2n) is 4.58. The molecule has 2 aromatic rings. The number of nitrogens with zero attached hydrogens (tertiary/aromatic N) is 1. The van der Waals surface area contributed by atoms with Crippen LogP contribution in [0.2, 0.25) is 10.0 Å². The minimum Gasteiger partial charge on any atom is -0.379 e. The van der Waals surface area contributed by atoms with Crippen LogP contribution in [-0.4, -0.2) is 14.1 Å². The number of hydrogen-bond donors (Lipinski definition) is 1. The molecule has 0 aliphatic carbocycles. The van der Waals surface area contributed by atoms with E-state index in [0.717, 1.165) is 11.4 Å². The first-order chi connectivity index (χ1) is 9.50. The minimum absolute atomic E-state index is 0.298. The fourth-order valence-electron chi connectivity index (χ4n) is 2.00. The number of nitrogens with one attached hydrogen (secondary N) is 1. The molecule has 0 aliphatic rings. The van der Waals surface area contributed by atoms with Gasteiger partial charge in [-0.2, -0.15) is 0 Å². The van der Waals surface area contributed by atoms with Crippen molar-refractivity contribution in [1.82, 2.24) is 0 Å². The largest absolute Gasteiger partial charge is 0.379 e. The minimum atomic E-state index is -0.321. The number of halogens is 3. The van der Waals surface area contributed by atoms with Gasteiger partial charge in [0.1, 0.15) is 5.82 Å². The Bertz CT molecular complexity index is 595. The molecule has 0 bridgehead atoms. The maximum atomic E-state index is 13.7. The predicted octanol–water partition coefficient (Wildman–Crippen LogP) is 4.81. The van der Waals surface area contributed by atoms with Gasteiger partial charge < -0.3 is 10.2 Å². The molecule has 0 amide bonds. The van der Waals surface area contributed by atoms with E-state index in [2.05, 4.69) is 5.32 Å². The molecule has 1 N–H and O–H groups in total. The first kappa shape index (κ1) is 14.9. The lowest BCUT2D eigenvalue weighted by atomic mass is 10.2. The number of hydrogen-bond acceptors (Lipinski definition) is 2. The molecule has 0 atom stereocenters. The molecule has 5 heteroatoms. The average molecular weight is 313 g/mol. The summed E-state index contributed by atoms with van der Waals surface area (Å²) >= 11 is 12.2. The fraction of sp³-hybridized carbons (Fsp3) is 0.200. The van der Waals surface area contributed by atoms with Crippen molar-refractivity contribution in [3.05, 3.63) is 57.8 Å². The molecular formula is C15H15Cl2FN2. The van der Waals surface area contributed by atoms with Crippen LogP contribution < -0.4 is 10.2 Å². The van der Waals surface area contributed by atoms with Crippen LogP contribution in [0.15, 0.2) is 36.4 Å². The SMILES string of the molecule is CN(C)c1c(Cl)cccc1NCc1c(F)cccc1Cl. The Morgan fingerprint density at radius 1 is 1.05 bits per heavy atom. The Labute approximate surface area is 128 Å². The zero-order valence-electron chi connectivity index (χ0n) is 11.3. The summed E-state index contributed by atoms with van der Waals surface area (Å²) in [6.45, 7) is 0.298. The number of anilines is 2. The zero-order chi connectivity index (χ0) is 14.7. The van der Waals surface area contributed by atoms with Crippen molar-refractivity contribution in [2.24, 2.45) is 0 Å². The van der Waals surface area contributed by atoms with E-state index in [9.17, 15) is 4.39 Å². The quantitative estimate of drug-likeness (QED) is 0.871. The second kappa shape index (κ2) is 6.33. The summed E-state index contributed by atoms with van der Waals surface area (Å²) in [4.78, 5) is 1.91. The molecule has 0 spiro atoms. The van der Waals surface area contributed by atoms with E-state index in [1.54, 1.807) is 12.1 Å². The molecule has 0 unspecified atom stereocenters. The Balaban J connectivity index is 2.26. The molecule has 0 aliphatic heterocycles. The molecule has 2 rings (SSSR count).